The van der Waals surface area contributed by atoms with Gasteiger partial charge >= 0.3 is 0 Å². The molecule has 66 valence electrons. The van der Waals surface area contributed by atoms with E-state index in [4.69, 9.17) is 5.73 Å². The van der Waals surface area contributed by atoms with Gasteiger partial charge in [-0.25, -0.2) is 4.98 Å². The van der Waals surface area contributed by atoms with Gasteiger partial charge in [0.1, 0.15) is 0 Å². The molecule has 0 radical (unpaired) electrons. The van der Waals surface area contributed by atoms with Crippen molar-refractivity contribution in [3.63, 3.8) is 0 Å². The van der Waals surface area contributed by atoms with Crippen molar-refractivity contribution in [3.05, 3.63) is 18.7 Å². The largest absolute Gasteiger partial charge is 0.337 e. The Morgan fingerprint density at radius 1 is 1.50 bits per heavy atom. The Hall–Kier alpha value is -0.830. The molecule has 0 spiro atoms. The van der Waals surface area contributed by atoms with Crippen molar-refractivity contribution in [2.45, 2.75) is 25.8 Å². The average molecular weight is 165 g/mol. The molecule has 1 saturated carbocycles. The topological polar surface area (TPSA) is 43.8 Å². The summed E-state index contributed by atoms with van der Waals surface area (Å²) in [5, 5.41) is 0. The van der Waals surface area contributed by atoms with Crippen LogP contribution < -0.4 is 5.73 Å². The van der Waals surface area contributed by atoms with Crippen LogP contribution in [0.2, 0.25) is 0 Å². The normalized spacial score (nSPS) is 19.4. The summed E-state index contributed by atoms with van der Waals surface area (Å²) in [7, 11) is 0. The molecule has 0 bridgehead atoms. The molecule has 0 aliphatic heterocycles. The van der Waals surface area contributed by atoms with Crippen LogP contribution in [0.1, 0.15) is 19.3 Å². The second kappa shape index (κ2) is 2.90. The van der Waals surface area contributed by atoms with E-state index in [2.05, 4.69) is 9.55 Å². The van der Waals surface area contributed by atoms with Crippen molar-refractivity contribution in [2.24, 2.45) is 11.1 Å². The number of imidazole rings is 1. The lowest BCUT2D eigenvalue weighted by molar-refractivity contribution is 0.398. The lowest BCUT2D eigenvalue weighted by Gasteiger charge is -2.13. The molecule has 0 unspecified atom stereocenters. The SMILES string of the molecule is NCCC1(Cn2ccnc2)CC1. The summed E-state index contributed by atoms with van der Waals surface area (Å²) in [6.07, 6.45) is 9.57. The molecule has 0 aromatic carbocycles. The third-order valence-corrected chi connectivity index (χ3v) is 2.71. The summed E-state index contributed by atoms with van der Waals surface area (Å²) in [6.45, 7) is 1.92. The van der Waals surface area contributed by atoms with Crippen molar-refractivity contribution in [3.8, 4) is 0 Å². The second-order valence-corrected chi connectivity index (χ2v) is 3.77. The van der Waals surface area contributed by atoms with Crippen molar-refractivity contribution in [1.29, 1.82) is 0 Å². The van der Waals surface area contributed by atoms with Crippen LogP contribution in [0.3, 0.4) is 0 Å². The highest BCUT2D eigenvalue weighted by molar-refractivity contribution is 4.94. The summed E-state index contributed by atoms with van der Waals surface area (Å²) < 4.78 is 2.16. The molecule has 2 rings (SSSR count). The molecule has 1 heterocycles. The molecule has 1 aromatic rings. The summed E-state index contributed by atoms with van der Waals surface area (Å²) >= 11 is 0. The van der Waals surface area contributed by atoms with Gasteiger partial charge in [0, 0.05) is 18.9 Å². The number of hydrogen-bond donors (Lipinski definition) is 1. The van der Waals surface area contributed by atoms with Crippen LogP contribution in [0.15, 0.2) is 18.7 Å². The zero-order chi connectivity index (χ0) is 8.44. The Bertz CT molecular complexity index is 236. The lowest BCUT2D eigenvalue weighted by Crippen LogP contribution is -2.15. The zero-order valence-corrected chi connectivity index (χ0v) is 7.24. The maximum Gasteiger partial charge on any atom is 0.0946 e. The van der Waals surface area contributed by atoms with Crippen LogP contribution in [0.5, 0.6) is 0 Å². The van der Waals surface area contributed by atoms with E-state index in [1.54, 1.807) is 0 Å². The van der Waals surface area contributed by atoms with E-state index in [-0.39, 0.29) is 0 Å². The van der Waals surface area contributed by atoms with Gasteiger partial charge in [-0.05, 0) is 31.2 Å². The van der Waals surface area contributed by atoms with E-state index in [9.17, 15) is 0 Å². The zero-order valence-electron chi connectivity index (χ0n) is 7.24. The highest BCUT2D eigenvalue weighted by atomic mass is 15.0. The first-order valence-corrected chi connectivity index (χ1v) is 4.50. The third-order valence-electron chi connectivity index (χ3n) is 2.71. The first-order chi connectivity index (χ1) is 5.85. The van der Waals surface area contributed by atoms with Crippen molar-refractivity contribution in [1.82, 2.24) is 9.55 Å². The molecule has 0 atom stereocenters. The summed E-state index contributed by atoms with van der Waals surface area (Å²) in [6, 6.07) is 0. The van der Waals surface area contributed by atoms with E-state index >= 15 is 0 Å². The molecule has 0 saturated heterocycles. The van der Waals surface area contributed by atoms with Gasteiger partial charge in [-0.1, -0.05) is 0 Å². The maximum absolute atomic E-state index is 5.56. The van der Waals surface area contributed by atoms with Crippen LogP contribution in [0, 0.1) is 5.41 Å². The molecule has 12 heavy (non-hydrogen) atoms. The van der Waals surface area contributed by atoms with Gasteiger partial charge in [-0.2, -0.15) is 0 Å². The summed E-state index contributed by atoms with van der Waals surface area (Å²) in [5.74, 6) is 0. The molecule has 1 aliphatic carbocycles. The van der Waals surface area contributed by atoms with Crippen LogP contribution in [0.25, 0.3) is 0 Å². The molecular formula is C9H15N3. The number of nitrogens with two attached hydrogens (primary N) is 1. The van der Waals surface area contributed by atoms with Gasteiger partial charge < -0.3 is 10.3 Å². The van der Waals surface area contributed by atoms with Gasteiger partial charge in [0.15, 0.2) is 0 Å². The smallest absolute Gasteiger partial charge is 0.0946 e. The fourth-order valence-corrected chi connectivity index (χ4v) is 1.74. The van der Waals surface area contributed by atoms with Crippen molar-refractivity contribution in [2.75, 3.05) is 6.54 Å². The van der Waals surface area contributed by atoms with E-state index in [0.717, 1.165) is 19.5 Å². The number of hydrogen-bond acceptors (Lipinski definition) is 2. The minimum atomic E-state index is 0.523. The van der Waals surface area contributed by atoms with Gasteiger partial charge in [0.25, 0.3) is 0 Å². The maximum atomic E-state index is 5.56. The van der Waals surface area contributed by atoms with Crippen LogP contribution in [0.4, 0.5) is 0 Å². The molecule has 1 aromatic heterocycles. The second-order valence-electron chi connectivity index (χ2n) is 3.77. The Kier molecular flexibility index (Phi) is 1.89. The minimum Gasteiger partial charge on any atom is -0.337 e. The Balaban J connectivity index is 1.94. The van der Waals surface area contributed by atoms with Gasteiger partial charge in [-0.15, -0.1) is 0 Å². The quantitative estimate of drug-likeness (QED) is 0.723. The average Bonchev–Trinajstić information content (AvgIpc) is 2.63. The lowest BCUT2D eigenvalue weighted by atomic mass is 10.0. The monoisotopic (exact) mass is 165 g/mol. The first-order valence-electron chi connectivity index (χ1n) is 4.50. The molecule has 1 aliphatic rings. The van der Waals surface area contributed by atoms with Crippen LogP contribution >= 0.6 is 0 Å². The Labute approximate surface area is 72.6 Å². The fraction of sp³-hybridized carbons (Fsp3) is 0.667. The molecule has 1 fully saturated rings. The highest BCUT2D eigenvalue weighted by Crippen LogP contribution is 2.49. The predicted octanol–water partition coefficient (Wildman–Crippen LogP) is 1.01. The molecule has 3 nitrogen and oxygen atoms in total. The molecular weight excluding hydrogens is 150 g/mol. The highest BCUT2D eigenvalue weighted by Gasteiger charge is 2.41. The molecule has 2 N–H and O–H groups in total. The number of rotatable bonds is 4. The van der Waals surface area contributed by atoms with Crippen molar-refractivity contribution < 1.29 is 0 Å². The fourth-order valence-electron chi connectivity index (χ4n) is 1.74. The standard InChI is InChI=1S/C9H15N3/c10-4-3-9(1-2-9)7-12-6-5-11-8-12/h5-6,8H,1-4,7,10H2. The third kappa shape index (κ3) is 1.50. The van der Waals surface area contributed by atoms with Crippen molar-refractivity contribution >= 4 is 0 Å². The first kappa shape index (κ1) is 7.80. The Morgan fingerprint density at radius 3 is 2.83 bits per heavy atom. The molecule has 0 amide bonds. The van der Waals surface area contributed by atoms with E-state index in [1.807, 2.05) is 18.7 Å². The van der Waals surface area contributed by atoms with Gasteiger partial charge in [-0.3, -0.25) is 0 Å². The minimum absolute atomic E-state index is 0.523. The number of nitrogens with zero attached hydrogens (tertiary/aromatic N) is 2. The van der Waals surface area contributed by atoms with E-state index in [1.165, 1.54) is 12.8 Å². The molecule has 3 heteroatoms. The summed E-state index contributed by atoms with van der Waals surface area (Å²) in [4.78, 5) is 4.03. The number of aromatic nitrogens is 2. The van der Waals surface area contributed by atoms with Gasteiger partial charge in [0.05, 0.1) is 6.33 Å². The van der Waals surface area contributed by atoms with E-state index in [0.29, 0.717) is 5.41 Å². The Morgan fingerprint density at radius 2 is 2.33 bits per heavy atom. The summed E-state index contributed by atoms with van der Waals surface area (Å²) in [5.41, 5.74) is 6.08. The van der Waals surface area contributed by atoms with Crippen LogP contribution in [-0.2, 0) is 6.54 Å². The van der Waals surface area contributed by atoms with Crippen LogP contribution in [-0.4, -0.2) is 16.1 Å². The van der Waals surface area contributed by atoms with Gasteiger partial charge in [0.2, 0.25) is 0 Å². The predicted molar refractivity (Wildman–Crippen MR) is 47.6 cm³/mol. The van der Waals surface area contributed by atoms with E-state index < -0.39 is 0 Å².